The van der Waals surface area contributed by atoms with Gasteiger partial charge in [0.15, 0.2) is 0 Å². The Morgan fingerprint density at radius 2 is 0.973 bits per heavy atom. The van der Waals surface area contributed by atoms with E-state index in [1.807, 2.05) is 0 Å². The Hall–Kier alpha value is -0.360. The molecule has 2 fully saturated rings. The third kappa shape index (κ3) is 9.36. The van der Waals surface area contributed by atoms with E-state index in [1.54, 1.807) is 0 Å². The molecule has 2 aliphatic heterocycles. The Morgan fingerprint density at radius 1 is 0.541 bits per heavy atom. The van der Waals surface area contributed by atoms with Gasteiger partial charge in [0.2, 0.25) is 0 Å². The zero-order chi connectivity index (χ0) is 23.7. The van der Waals surface area contributed by atoms with Crippen molar-refractivity contribution in [2.75, 3.05) is 50.8 Å². The van der Waals surface area contributed by atoms with E-state index in [0.717, 1.165) is 6.42 Å². The van der Waals surface area contributed by atoms with Crippen LogP contribution in [-0.2, 0) is 6.42 Å². The zero-order valence-corrected chi connectivity index (χ0v) is 25.7. The number of hydrogen-bond donors (Lipinski definition) is 0. The smallest absolute Gasteiger partial charge is 0.00752 e. The van der Waals surface area contributed by atoms with E-state index in [9.17, 15) is 0 Å². The van der Waals surface area contributed by atoms with E-state index in [1.165, 1.54) is 147 Å². The molecule has 6 heteroatoms. The number of piperidine rings is 2. The molecule has 0 saturated carbocycles. The Labute approximate surface area is 246 Å². The summed E-state index contributed by atoms with van der Waals surface area (Å²) >= 11 is 4.11. The van der Waals surface area contributed by atoms with E-state index in [0.29, 0.717) is 0 Å². The monoisotopic (exact) mass is 580 g/mol. The second-order valence-corrected chi connectivity index (χ2v) is 13.1. The van der Waals surface area contributed by atoms with Crippen molar-refractivity contribution < 1.29 is 0 Å². The molecule has 0 spiro atoms. The SMILES string of the molecule is Cl.Cl.c1cc2c(cc1SCCCCN1CCCCC1)Cc1cc(SCCCCN3CCCCC3)ccc1-2. The topological polar surface area (TPSA) is 6.48 Å². The van der Waals surface area contributed by atoms with E-state index < -0.39 is 0 Å². The summed E-state index contributed by atoms with van der Waals surface area (Å²) < 4.78 is 0. The molecule has 2 nitrogen and oxygen atoms in total. The van der Waals surface area contributed by atoms with E-state index in [2.05, 4.69) is 69.7 Å². The van der Waals surface area contributed by atoms with Gasteiger partial charge in [0, 0.05) is 9.79 Å². The van der Waals surface area contributed by atoms with Crippen molar-refractivity contribution in [1.82, 2.24) is 9.80 Å². The highest BCUT2D eigenvalue weighted by Crippen LogP contribution is 2.40. The Morgan fingerprint density at radius 3 is 1.41 bits per heavy atom. The average molecular weight is 582 g/mol. The van der Waals surface area contributed by atoms with Crippen molar-refractivity contribution in [2.45, 2.75) is 80.4 Å². The van der Waals surface area contributed by atoms with Crippen molar-refractivity contribution >= 4 is 48.3 Å². The highest BCUT2D eigenvalue weighted by Gasteiger charge is 2.19. The van der Waals surface area contributed by atoms with Gasteiger partial charge in [-0.25, -0.2) is 0 Å². The molecule has 2 aromatic carbocycles. The molecule has 0 N–H and O–H groups in total. The molecule has 0 amide bonds. The van der Waals surface area contributed by atoms with Crippen LogP contribution < -0.4 is 0 Å². The number of likely N-dealkylation sites (tertiary alicyclic amines) is 2. The largest absolute Gasteiger partial charge is 0.303 e. The number of fused-ring (bicyclic) bond motifs is 3. The van der Waals surface area contributed by atoms with Gasteiger partial charge in [-0.1, -0.05) is 25.0 Å². The maximum atomic E-state index is 2.67. The lowest BCUT2D eigenvalue weighted by molar-refractivity contribution is 0.226. The standard InChI is InChI=1S/C31H44N2S2.2ClH/c1-3-15-32(16-4-1)19-7-9-21-34-28-11-13-30-26(24-28)23-27-25-29(12-14-31(27)30)35-22-10-8-20-33-17-5-2-6-18-33;;/h11-14,24-25H,1-10,15-23H2;2*1H. The third-order valence-corrected chi connectivity index (χ3v) is 10.2. The lowest BCUT2D eigenvalue weighted by Crippen LogP contribution is -2.30. The summed E-state index contributed by atoms with van der Waals surface area (Å²) in [5.41, 5.74) is 5.99. The number of unbranched alkanes of at least 4 members (excludes halogenated alkanes) is 2. The molecule has 37 heavy (non-hydrogen) atoms. The predicted octanol–water partition coefficient (Wildman–Crippen LogP) is 8.82. The number of hydrogen-bond acceptors (Lipinski definition) is 4. The summed E-state index contributed by atoms with van der Waals surface area (Å²) in [5, 5.41) is 0. The molecule has 5 rings (SSSR count). The summed E-state index contributed by atoms with van der Waals surface area (Å²) in [4.78, 5) is 8.25. The van der Waals surface area contributed by atoms with Crippen LogP contribution in [0.2, 0.25) is 0 Å². The normalized spacial score (nSPS) is 17.5. The molecule has 0 unspecified atom stereocenters. The Balaban J connectivity index is 0.00000190. The minimum atomic E-state index is 0. The molecule has 206 valence electrons. The molecule has 2 aromatic rings. The maximum absolute atomic E-state index is 2.67. The van der Waals surface area contributed by atoms with E-state index in [4.69, 9.17) is 0 Å². The van der Waals surface area contributed by atoms with Gasteiger partial charge in [0.05, 0.1) is 0 Å². The van der Waals surface area contributed by atoms with Crippen LogP contribution in [-0.4, -0.2) is 60.6 Å². The lowest BCUT2D eigenvalue weighted by Gasteiger charge is -2.26. The van der Waals surface area contributed by atoms with Gasteiger partial charge in [-0.05, 0) is 155 Å². The van der Waals surface area contributed by atoms with Crippen LogP contribution >= 0.6 is 48.3 Å². The molecule has 0 atom stereocenters. The van der Waals surface area contributed by atoms with Crippen molar-refractivity contribution in [3.05, 3.63) is 47.5 Å². The van der Waals surface area contributed by atoms with Crippen LogP contribution in [0, 0.1) is 0 Å². The summed E-state index contributed by atoms with van der Waals surface area (Å²) in [6.45, 7) is 7.93. The molecular weight excluding hydrogens is 535 g/mol. The molecule has 0 aromatic heterocycles. The minimum Gasteiger partial charge on any atom is -0.303 e. The van der Waals surface area contributed by atoms with Crippen LogP contribution in [0.25, 0.3) is 11.1 Å². The molecule has 2 heterocycles. The van der Waals surface area contributed by atoms with Crippen LogP contribution in [0.1, 0.15) is 75.3 Å². The maximum Gasteiger partial charge on any atom is 0.00752 e. The second kappa shape index (κ2) is 16.7. The fourth-order valence-electron chi connectivity index (χ4n) is 5.96. The quantitative estimate of drug-likeness (QED) is 0.156. The summed E-state index contributed by atoms with van der Waals surface area (Å²) in [6, 6.07) is 14.4. The summed E-state index contributed by atoms with van der Waals surface area (Å²) in [6.07, 6.45) is 15.0. The van der Waals surface area contributed by atoms with Crippen LogP contribution in [0.5, 0.6) is 0 Å². The van der Waals surface area contributed by atoms with E-state index in [-0.39, 0.29) is 24.8 Å². The third-order valence-electron chi connectivity index (χ3n) is 8.00. The molecule has 3 aliphatic rings. The highest BCUT2D eigenvalue weighted by molar-refractivity contribution is 7.99. The van der Waals surface area contributed by atoms with Gasteiger partial charge in [-0.15, -0.1) is 48.3 Å². The van der Waals surface area contributed by atoms with Gasteiger partial charge < -0.3 is 9.80 Å². The first kappa shape index (κ1) is 31.2. The number of nitrogens with zero attached hydrogens (tertiary/aromatic N) is 2. The number of halogens is 2. The molecule has 0 radical (unpaired) electrons. The predicted molar refractivity (Wildman–Crippen MR) is 170 cm³/mol. The highest BCUT2D eigenvalue weighted by atomic mass is 35.5. The second-order valence-electron chi connectivity index (χ2n) is 10.7. The van der Waals surface area contributed by atoms with Crippen molar-refractivity contribution in [2.24, 2.45) is 0 Å². The van der Waals surface area contributed by atoms with Gasteiger partial charge in [0.1, 0.15) is 0 Å². The summed E-state index contributed by atoms with van der Waals surface area (Å²) in [5.74, 6) is 2.50. The van der Waals surface area contributed by atoms with Crippen molar-refractivity contribution in [1.29, 1.82) is 0 Å². The van der Waals surface area contributed by atoms with Gasteiger partial charge in [-0.2, -0.15) is 0 Å². The molecule has 2 saturated heterocycles. The Bertz CT molecular complexity index is 867. The first-order chi connectivity index (χ1) is 17.3. The molecule has 1 aliphatic carbocycles. The minimum absolute atomic E-state index is 0. The molecular formula is C31H46Cl2N2S2. The Kier molecular flexibility index (Phi) is 14.0. The fraction of sp³-hybridized carbons (Fsp3) is 0.613. The van der Waals surface area contributed by atoms with E-state index >= 15 is 0 Å². The average Bonchev–Trinajstić information content (AvgIpc) is 3.26. The van der Waals surface area contributed by atoms with Crippen molar-refractivity contribution in [3.63, 3.8) is 0 Å². The lowest BCUT2D eigenvalue weighted by atomic mass is 10.1. The summed E-state index contributed by atoms with van der Waals surface area (Å²) in [7, 11) is 0. The first-order valence-electron chi connectivity index (χ1n) is 14.3. The number of thioether (sulfide) groups is 2. The number of rotatable bonds is 12. The van der Waals surface area contributed by atoms with Crippen LogP contribution in [0.15, 0.2) is 46.2 Å². The zero-order valence-electron chi connectivity index (χ0n) is 22.4. The number of benzene rings is 2. The van der Waals surface area contributed by atoms with Crippen LogP contribution in [0.3, 0.4) is 0 Å². The van der Waals surface area contributed by atoms with Gasteiger partial charge in [0.25, 0.3) is 0 Å². The fourth-order valence-corrected chi connectivity index (χ4v) is 7.91. The van der Waals surface area contributed by atoms with Gasteiger partial charge >= 0.3 is 0 Å². The molecule has 0 bridgehead atoms. The first-order valence-corrected chi connectivity index (χ1v) is 16.3. The van der Waals surface area contributed by atoms with Gasteiger partial charge in [-0.3, -0.25) is 0 Å². The van der Waals surface area contributed by atoms with Crippen molar-refractivity contribution in [3.8, 4) is 11.1 Å². The van der Waals surface area contributed by atoms with Crippen LogP contribution in [0.4, 0.5) is 0 Å².